The second-order valence-corrected chi connectivity index (χ2v) is 5.72. The fourth-order valence-corrected chi connectivity index (χ4v) is 2.16. The maximum absolute atomic E-state index is 5.80. The minimum Gasteiger partial charge on any atom is -0.493 e. The first-order chi connectivity index (χ1) is 9.04. The molecule has 2 nitrogen and oxygen atoms in total. The number of thiocarbonyl (C=S) groups is 1. The monoisotopic (exact) mass is 279 g/mol. The van der Waals surface area contributed by atoms with Gasteiger partial charge in [-0.25, -0.2) is 0 Å². The number of ether oxygens (including phenoxy) is 1. The van der Waals surface area contributed by atoms with Crippen molar-refractivity contribution in [2.45, 2.75) is 52.4 Å². The van der Waals surface area contributed by atoms with Gasteiger partial charge in [0.1, 0.15) is 5.75 Å². The molecule has 0 atom stereocenters. The van der Waals surface area contributed by atoms with E-state index in [1.54, 1.807) is 0 Å². The van der Waals surface area contributed by atoms with E-state index >= 15 is 0 Å². The summed E-state index contributed by atoms with van der Waals surface area (Å²) < 4.78 is 5.80. The molecular weight excluding hydrogens is 254 g/mol. The first kappa shape index (κ1) is 16.0. The predicted octanol–water partition coefficient (Wildman–Crippen LogP) is 4.21. The molecule has 0 heterocycles. The number of hydrogen-bond donors (Lipinski definition) is 1. The van der Waals surface area contributed by atoms with Crippen molar-refractivity contribution in [1.82, 2.24) is 0 Å². The lowest BCUT2D eigenvalue weighted by atomic mass is 9.97. The van der Waals surface area contributed by atoms with E-state index in [9.17, 15) is 0 Å². The fourth-order valence-electron chi connectivity index (χ4n) is 2.01. The zero-order valence-corrected chi connectivity index (χ0v) is 13.1. The molecule has 0 spiro atoms. The van der Waals surface area contributed by atoms with Crippen LogP contribution in [0.15, 0.2) is 18.2 Å². The van der Waals surface area contributed by atoms with Crippen LogP contribution in [0.2, 0.25) is 0 Å². The second kappa shape index (κ2) is 8.16. The summed E-state index contributed by atoms with van der Waals surface area (Å²) in [5, 5.41) is 0. The molecule has 0 unspecified atom stereocenters. The lowest BCUT2D eigenvalue weighted by molar-refractivity contribution is 0.313. The standard InChI is InChI=1S/C16H25NOS/c1-4-10-18-15-9-8-13(6-5-7-16(17)19)11-14(15)12(2)3/h8-9,11-12H,4-7,10H2,1-3H3,(H2,17,19). The molecule has 0 aliphatic carbocycles. The highest BCUT2D eigenvalue weighted by atomic mass is 32.1. The topological polar surface area (TPSA) is 35.2 Å². The van der Waals surface area contributed by atoms with Gasteiger partial charge >= 0.3 is 0 Å². The Labute approximate surface area is 122 Å². The van der Waals surface area contributed by atoms with E-state index in [0.29, 0.717) is 10.9 Å². The smallest absolute Gasteiger partial charge is 0.122 e. The Morgan fingerprint density at radius 3 is 2.68 bits per heavy atom. The van der Waals surface area contributed by atoms with Crippen LogP contribution in [0.5, 0.6) is 5.75 Å². The van der Waals surface area contributed by atoms with Gasteiger partial charge in [-0.15, -0.1) is 0 Å². The molecule has 0 radical (unpaired) electrons. The normalized spacial score (nSPS) is 10.7. The zero-order valence-electron chi connectivity index (χ0n) is 12.2. The Balaban J connectivity index is 2.74. The number of rotatable bonds is 8. The maximum atomic E-state index is 5.80. The largest absolute Gasteiger partial charge is 0.493 e. The van der Waals surface area contributed by atoms with Crippen LogP contribution in [0.1, 0.15) is 57.1 Å². The Morgan fingerprint density at radius 1 is 1.37 bits per heavy atom. The SMILES string of the molecule is CCCOc1ccc(CCCC(N)=S)cc1C(C)C. The number of hydrogen-bond acceptors (Lipinski definition) is 2. The summed E-state index contributed by atoms with van der Waals surface area (Å²) in [6, 6.07) is 6.51. The van der Waals surface area contributed by atoms with E-state index < -0.39 is 0 Å². The molecule has 1 aromatic rings. The highest BCUT2D eigenvalue weighted by Crippen LogP contribution is 2.28. The Kier molecular flexibility index (Phi) is 6.85. The highest BCUT2D eigenvalue weighted by molar-refractivity contribution is 7.80. The number of benzene rings is 1. The van der Waals surface area contributed by atoms with Gasteiger partial charge in [-0.3, -0.25) is 0 Å². The maximum Gasteiger partial charge on any atom is 0.122 e. The van der Waals surface area contributed by atoms with Crippen molar-refractivity contribution in [3.63, 3.8) is 0 Å². The molecule has 0 aliphatic rings. The third kappa shape index (κ3) is 5.60. The van der Waals surface area contributed by atoms with Crippen LogP contribution in [-0.4, -0.2) is 11.6 Å². The first-order valence-corrected chi connectivity index (χ1v) is 7.49. The van der Waals surface area contributed by atoms with Crippen molar-refractivity contribution in [3.05, 3.63) is 29.3 Å². The van der Waals surface area contributed by atoms with E-state index in [2.05, 4.69) is 39.0 Å². The van der Waals surface area contributed by atoms with Gasteiger partial charge in [0, 0.05) is 0 Å². The third-order valence-corrected chi connectivity index (χ3v) is 3.25. The molecule has 0 amide bonds. The Morgan fingerprint density at radius 2 is 2.11 bits per heavy atom. The lowest BCUT2D eigenvalue weighted by Crippen LogP contribution is -2.07. The molecule has 1 aromatic carbocycles. The average molecular weight is 279 g/mol. The molecular formula is C16H25NOS. The van der Waals surface area contributed by atoms with Crippen LogP contribution in [0.4, 0.5) is 0 Å². The predicted molar refractivity (Wildman–Crippen MR) is 86.0 cm³/mol. The highest BCUT2D eigenvalue weighted by Gasteiger charge is 2.09. The van der Waals surface area contributed by atoms with E-state index in [1.807, 2.05) is 0 Å². The summed E-state index contributed by atoms with van der Waals surface area (Å²) in [5.41, 5.74) is 8.15. The summed E-state index contributed by atoms with van der Waals surface area (Å²) in [7, 11) is 0. The Bertz CT molecular complexity index is 415. The molecule has 19 heavy (non-hydrogen) atoms. The summed E-state index contributed by atoms with van der Waals surface area (Å²) in [6.07, 6.45) is 3.89. The van der Waals surface area contributed by atoms with Crippen LogP contribution >= 0.6 is 12.2 Å². The molecule has 0 saturated carbocycles. The molecule has 0 aromatic heterocycles. The first-order valence-electron chi connectivity index (χ1n) is 7.08. The summed E-state index contributed by atoms with van der Waals surface area (Å²) in [5.74, 6) is 1.50. The second-order valence-electron chi connectivity index (χ2n) is 5.20. The molecule has 106 valence electrons. The molecule has 0 saturated heterocycles. The van der Waals surface area contributed by atoms with Crippen molar-refractivity contribution < 1.29 is 4.74 Å². The van der Waals surface area contributed by atoms with Crippen LogP contribution in [0.3, 0.4) is 0 Å². The van der Waals surface area contributed by atoms with Crippen molar-refractivity contribution in [2.75, 3.05) is 6.61 Å². The average Bonchev–Trinajstić information content (AvgIpc) is 2.36. The number of nitrogens with two attached hydrogens (primary N) is 1. The van der Waals surface area contributed by atoms with E-state index in [1.165, 1.54) is 11.1 Å². The van der Waals surface area contributed by atoms with Crippen molar-refractivity contribution in [1.29, 1.82) is 0 Å². The lowest BCUT2D eigenvalue weighted by Gasteiger charge is -2.15. The van der Waals surface area contributed by atoms with Crippen molar-refractivity contribution in [2.24, 2.45) is 5.73 Å². The van der Waals surface area contributed by atoms with Gasteiger partial charge in [-0.1, -0.05) is 45.1 Å². The van der Waals surface area contributed by atoms with Gasteiger partial charge in [0.2, 0.25) is 0 Å². The third-order valence-electron chi connectivity index (χ3n) is 3.05. The zero-order chi connectivity index (χ0) is 14.3. The minimum absolute atomic E-state index is 0.474. The van der Waals surface area contributed by atoms with Gasteiger partial charge in [0.05, 0.1) is 11.6 Å². The van der Waals surface area contributed by atoms with E-state index in [-0.39, 0.29) is 0 Å². The van der Waals surface area contributed by atoms with Crippen LogP contribution < -0.4 is 10.5 Å². The molecule has 2 N–H and O–H groups in total. The van der Waals surface area contributed by atoms with Crippen molar-refractivity contribution >= 4 is 17.2 Å². The van der Waals surface area contributed by atoms with E-state index in [0.717, 1.165) is 38.0 Å². The van der Waals surface area contributed by atoms with Gasteiger partial charge in [0.15, 0.2) is 0 Å². The molecule has 1 rings (SSSR count). The van der Waals surface area contributed by atoms with Gasteiger partial charge in [0.25, 0.3) is 0 Å². The number of aryl methyl sites for hydroxylation is 1. The van der Waals surface area contributed by atoms with Gasteiger partial charge in [-0.05, 0) is 48.8 Å². The van der Waals surface area contributed by atoms with Crippen LogP contribution in [-0.2, 0) is 6.42 Å². The molecule has 0 aliphatic heterocycles. The Hall–Kier alpha value is -1.09. The molecule has 0 fully saturated rings. The molecule has 0 bridgehead atoms. The summed E-state index contributed by atoms with van der Waals surface area (Å²) >= 11 is 4.90. The summed E-state index contributed by atoms with van der Waals surface area (Å²) in [4.78, 5) is 0.604. The minimum atomic E-state index is 0.474. The van der Waals surface area contributed by atoms with Gasteiger partial charge in [-0.2, -0.15) is 0 Å². The van der Waals surface area contributed by atoms with Gasteiger partial charge < -0.3 is 10.5 Å². The van der Waals surface area contributed by atoms with Crippen LogP contribution in [0, 0.1) is 0 Å². The summed E-state index contributed by atoms with van der Waals surface area (Å²) in [6.45, 7) is 7.31. The van der Waals surface area contributed by atoms with E-state index in [4.69, 9.17) is 22.7 Å². The molecule has 3 heteroatoms. The van der Waals surface area contributed by atoms with Crippen molar-refractivity contribution in [3.8, 4) is 5.75 Å². The quantitative estimate of drug-likeness (QED) is 0.724. The van der Waals surface area contributed by atoms with Crippen LogP contribution in [0.25, 0.3) is 0 Å². The fraction of sp³-hybridized carbons (Fsp3) is 0.562.